The van der Waals surface area contributed by atoms with Crippen LogP contribution in [0, 0.1) is 10.1 Å². The quantitative estimate of drug-likeness (QED) is 0.164. The first-order valence-corrected chi connectivity index (χ1v) is 12.5. The van der Waals surface area contributed by atoms with Crippen LogP contribution >= 0.6 is 0 Å². The van der Waals surface area contributed by atoms with Crippen molar-refractivity contribution in [3.8, 4) is 17.1 Å². The first-order valence-electron chi connectivity index (χ1n) is 12.5. The minimum Gasteiger partial charge on any atom is -0.478 e. The maximum Gasteiger partial charge on any atom is 0.334 e. The van der Waals surface area contributed by atoms with Crippen molar-refractivity contribution in [1.29, 1.82) is 0 Å². The number of carbonyl (C=O) groups is 1. The normalized spacial score (nSPS) is 13.4. The zero-order valence-corrected chi connectivity index (χ0v) is 21.0. The zero-order valence-electron chi connectivity index (χ0n) is 21.0. The lowest BCUT2D eigenvalue weighted by atomic mass is 10.1. The zero-order chi connectivity index (χ0) is 26.2. The van der Waals surface area contributed by atoms with Gasteiger partial charge in [0.05, 0.1) is 23.8 Å². The summed E-state index contributed by atoms with van der Waals surface area (Å²) in [5.74, 6) is -0.164. The second-order valence-corrected chi connectivity index (χ2v) is 9.14. The molecule has 0 unspecified atom stereocenters. The number of hydrogen-bond donors (Lipinski definition) is 1. The third-order valence-corrected chi connectivity index (χ3v) is 6.38. The van der Waals surface area contributed by atoms with Crippen molar-refractivity contribution in [2.75, 3.05) is 30.3 Å². The maximum atomic E-state index is 12.0. The highest BCUT2D eigenvalue weighted by Crippen LogP contribution is 2.36. The number of carbonyl (C=O) groups excluding carboxylic acids is 1. The molecule has 10 nitrogen and oxygen atoms in total. The molecule has 37 heavy (non-hydrogen) atoms. The van der Waals surface area contributed by atoms with Gasteiger partial charge in [-0.1, -0.05) is 43.7 Å². The fraction of sp³-hybridized carbons (Fsp3) is 0.370. The lowest BCUT2D eigenvalue weighted by Gasteiger charge is -2.19. The molecule has 4 rings (SSSR count). The molecular formula is C27H32N6O4. The topological polar surface area (TPSA) is 128 Å². The Hall–Kier alpha value is -4.05. The second-order valence-electron chi connectivity index (χ2n) is 9.14. The second kappa shape index (κ2) is 12.3. The molecule has 10 heteroatoms. The first kappa shape index (κ1) is 26.0. The Bertz CT molecular complexity index is 1210. The molecule has 0 atom stereocenters. The predicted octanol–water partition coefficient (Wildman–Crippen LogP) is 4.57. The van der Waals surface area contributed by atoms with Crippen LogP contribution in [0.5, 0.6) is 5.88 Å². The summed E-state index contributed by atoms with van der Waals surface area (Å²) < 4.78 is 5.59. The van der Waals surface area contributed by atoms with Crippen LogP contribution in [-0.2, 0) is 17.9 Å². The standard InChI is InChI=1S/C27H32N6O4/c1-2-3-14-37-25-15-24(26(33(35)36)27(28)30-25)32(19-34)18-21-8-11-23(29-16-21)22-9-6-20(7-10-22)17-31-12-4-5-13-31/h6-11,15-16,19H,2-5,12-14,17-18H2,1H3,(H2,28,30). The number of likely N-dealkylation sites (tertiary alicyclic amines) is 1. The van der Waals surface area contributed by atoms with Crippen LogP contribution in [0.25, 0.3) is 11.3 Å². The highest BCUT2D eigenvalue weighted by Gasteiger charge is 2.26. The number of pyridine rings is 2. The van der Waals surface area contributed by atoms with Crippen LogP contribution in [0.1, 0.15) is 43.7 Å². The molecule has 1 aromatic carbocycles. The van der Waals surface area contributed by atoms with Crippen molar-refractivity contribution in [3.63, 3.8) is 0 Å². The first-order chi connectivity index (χ1) is 18.0. The van der Waals surface area contributed by atoms with Gasteiger partial charge < -0.3 is 15.4 Å². The fourth-order valence-corrected chi connectivity index (χ4v) is 4.37. The molecule has 3 heterocycles. The van der Waals surface area contributed by atoms with Gasteiger partial charge >= 0.3 is 5.69 Å². The van der Waals surface area contributed by atoms with Gasteiger partial charge in [-0.25, -0.2) is 0 Å². The van der Waals surface area contributed by atoms with Crippen molar-refractivity contribution in [2.45, 2.75) is 45.7 Å². The number of anilines is 2. The Balaban J connectivity index is 1.49. The summed E-state index contributed by atoms with van der Waals surface area (Å²) in [5, 5.41) is 11.7. The number of aromatic nitrogens is 2. The SMILES string of the molecule is CCCCOc1cc(N(C=O)Cc2ccc(-c3ccc(CN4CCCC4)cc3)nc2)c([N+](=O)[O-])c(N)n1. The molecule has 0 aliphatic carbocycles. The fourth-order valence-electron chi connectivity index (χ4n) is 4.37. The lowest BCUT2D eigenvalue weighted by molar-refractivity contribution is -0.383. The Morgan fingerprint density at radius 1 is 1.16 bits per heavy atom. The average Bonchev–Trinajstić information content (AvgIpc) is 3.41. The van der Waals surface area contributed by atoms with E-state index in [0.717, 1.165) is 43.7 Å². The van der Waals surface area contributed by atoms with Crippen LogP contribution in [0.4, 0.5) is 17.2 Å². The molecule has 1 fully saturated rings. The van der Waals surface area contributed by atoms with Gasteiger partial charge in [-0.15, -0.1) is 0 Å². The summed E-state index contributed by atoms with van der Waals surface area (Å²) in [7, 11) is 0. The van der Waals surface area contributed by atoms with E-state index in [-0.39, 0.29) is 23.9 Å². The summed E-state index contributed by atoms with van der Waals surface area (Å²) in [5.41, 5.74) is 9.24. The number of amides is 1. The molecule has 2 N–H and O–H groups in total. The monoisotopic (exact) mass is 504 g/mol. The third-order valence-electron chi connectivity index (χ3n) is 6.38. The molecule has 1 amide bonds. The highest BCUT2D eigenvalue weighted by atomic mass is 16.6. The van der Waals surface area contributed by atoms with Crippen LogP contribution in [0.2, 0.25) is 0 Å². The van der Waals surface area contributed by atoms with Crippen molar-refractivity contribution in [1.82, 2.24) is 14.9 Å². The molecule has 1 saturated heterocycles. The van der Waals surface area contributed by atoms with Gasteiger partial charge in [0.1, 0.15) is 5.69 Å². The average molecular weight is 505 g/mol. The van der Waals surface area contributed by atoms with E-state index in [9.17, 15) is 14.9 Å². The van der Waals surface area contributed by atoms with E-state index < -0.39 is 10.6 Å². The Labute approximate surface area is 216 Å². The van der Waals surface area contributed by atoms with Gasteiger partial charge in [-0.05, 0) is 49.5 Å². The number of nitrogens with two attached hydrogens (primary N) is 1. The van der Waals surface area contributed by atoms with Crippen molar-refractivity contribution in [3.05, 3.63) is 69.9 Å². The minimum absolute atomic E-state index is 0.0247. The molecular weight excluding hydrogens is 472 g/mol. The van der Waals surface area contributed by atoms with Gasteiger partial charge in [0.15, 0.2) is 0 Å². The summed E-state index contributed by atoms with van der Waals surface area (Å²) in [6, 6.07) is 13.5. The van der Waals surface area contributed by atoms with E-state index in [1.54, 1.807) is 6.20 Å². The number of rotatable bonds is 12. The van der Waals surface area contributed by atoms with E-state index in [0.29, 0.717) is 18.6 Å². The molecule has 3 aromatic rings. The summed E-state index contributed by atoms with van der Waals surface area (Å²) in [6.07, 6.45) is 6.45. The van der Waals surface area contributed by atoms with Gasteiger partial charge in [0.25, 0.3) is 0 Å². The van der Waals surface area contributed by atoms with E-state index in [2.05, 4.69) is 39.1 Å². The Morgan fingerprint density at radius 2 is 1.89 bits per heavy atom. The summed E-state index contributed by atoms with van der Waals surface area (Å²) in [4.78, 5) is 35.3. The maximum absolute atomic E-state index is 12.0. The molecule has 0 saturated carbocycles. The summed E-state index contributed by atoms with van der Waals surface area (Å²) >= 11 is 0. The number of nitro groups is 1. The largest absolute Gasteiger partial charge is 0.478 e. The molecule has 1 aliphatic heterocycles. The van der Waals surface area contributed by atoms with E-state index in [4.69, 9.17) is 10.5 Å². The number of hydrogen-bond acceptors (Lipinski definition) is 8. The van der Waals surface area contributed by atoms with E-state index >= 15 is 0 Å². The molecule has 0 bridgehead atoms. The third kappa shape index (κ3) is 6.59. The Kier molecular flexibility index (Phi) is 8.63. The number of nitrogens with zero attached hydrogens (tertiary/aromatic N) is 5. The van der Waals surface area contributed by atoms with Crippen molar-refractivity contribution in [2.24, 2.45) is 0 Å². The van der Waals surface area contributed by atoms with Crippen LogP contribution in [0.15, 0.2) is 48.7 Å². The van der Waals surface area contributed by atoms with Gasteiger partial charge in [-0.2, -0.15) is 4.98 Å². The van der Waals surface area contributed by atoms with Crippen LogP contribution in [0.3, 0.4) is 0 Å². The van der Waals surface area contributed by atoms with E-state index in [1.165, 1.54) is 29.4 Å². The molecule has 0 radical (unpaired) electrons. The van der Waals surface area contributed by atoms with Gasteiger partial charge in [0.2, 0.25) is 18.1 Å². The number of benzene rings is 1. The smallest absolute Gasteiger partial charge is 0.334 e. The van der Waals surface area contributed by atoms with Gasteiger partial charge in [-0.3, -0.25) is 24.8 Å². The van der Waals surface area contributed by atoms with Crippen molar-refractivity contribution >= 4 is 23.6 Å². The minimum atomic E-state index is -0.640. The van der Waals surface area contributed by atoms with Crippen LogP contribution in [-0.4, -0.2) is 45.9 Å². The van der Waals surface area contributed by atoms with Crippen molar-refractivity contribution < 1.29 is 14.5 Å². The van der Waals surface area contributed by atoms with Crippen LogP contribution < -0.4 is 15.4 Å². The molecule has 194 valence electrons. The summed E-state index contributed by atoms with van der Waals surface area (Å²) in [6.45, 7) is 5.77. The van der Waals surface area contributed by atoms with Gasteiger partial charge in [0, 0.05) is 24.4 Å². The molecule has 2 aromatic heterocycles. The predicted molar refractivity (Wildman–Crippen MR) is 142 cm³/mol. The Morgan fingerprint density at radius 3 is 2.51 bits per heavy atom. The van der Waals surface area contributed by atoms with E-state index in [1.807, 2.05) is 19.1 Å². The number of nitrogen functional groups attached to an aromatic ring is 1. The lowest BCUT2D eigenvalue weighted by Crippen LogP contribution is -2.22. The molecule has 0 spiro atoms. The number of ether oxygens (including phenoxy) is 1. The number of unbranched alkanes of at least 4 members (excludes halogenated alkanes) is 1. The highest BCUT2D eigenvalue weighted by molar-refractivity contribution is 5.85. The molecule has 1 aliphatic rings.